The van der Waals surface area contributed by atoms with Crippen molar-refractivity contribution in [1.29, 1.82) is 0 Å². The van der Waals surface area contributed by atoms with Gasteiger partial charge in [0.15, 0.2) is 0 Å². The first-order chi connectivity index (χ1) is 6.29. The molecule has 0 radical (unpaired) electrons. The topological polar surface area (TPSA) is 22.0 Å². The number of aromatic nitrogens is 1. The Balaban J connectivity index is 0.000000251. The molecule has 0 aliphatic rings. The SMILES string of the molecule is CC=O.Cn1ccc2ccccc21. The summed E-state index contributed by atoms with van der Waals surface area (Å²) in [6.07, 6.45) is 2.82. The van der Waals surface area contributed by atoms with Gasteiger partial charge in [0, 0.05) is 18.8 Å². The van der Waals surface area contributed by atoms with Gasteiger partial charge in [-0.2, -0.15) is 0 Å². The molecular weight excluding hydrogens is 162 g/mol. The van der Waals surface area contributed by atoms with Gasteiger partial charge in [-0.05, 0) is 24.4 Å². The highest BCUT2D eigenvalue weighted by atomic mass is 16.1. The fourth-order valence-electron chi connectivity index (χ4n) is 1.22. The van der Waals surface area contributed by atoms with Crippen LogP contribution in [-0.2, 0) is 11.8 Å². The quantitative estimate of drug-likeness (QED) is 0.563. The van der Waals surface area contributed by atoms with E-state index in [1.807, 2.05) is 0 Å². The second-order valence-corrected chi connectivity index (χ2v) is 2.72. The molecule has 0 saturated carbocycles. The molecule has 1 heterocycles. The third-order valence-electron chi connectivity index (χ3n) is 1.79. The Kier molecular flexibility index (Phi) is 3.26. The van der Waals surface area contributed by atoms with Gasteiger partial charge in [-0.1, -0.05) is 18.2 Å². The fraction of sp³-hybridized carbons (Fsp3) is 0.182. The molecule has 0 spiro atoms. The summed E-state index contributed by atoms with van der Waals surface area (Å²) >= 11 is 0. The summed E-state index contributed by atoms with van der Waals surface area (Å²) < 4.78 is 2.12. The van der Waals surface area contributed by atoms with E-state index in [1.165, 1.54) is 17.8 Å². The number of nitrogens with zero attached hydrogens (tertiary/aromatic N) is 1. The van der Waals surface area contributed by atoms with Crippen LogP contribution in [0.2, 0.25) is 0 Å². The molecule has 0 bridgehead atoms. The molecule has 0 aliphatic heterocycles. The van der Waals surface area contributed by atoms with Crippen LogP contribution in [0.15, 0.2) is 36.5 Å². The second-order valence-electron chi connectivity index (χ2n) is 2.72. The van der Waals surface area contributed by atoms with Gasteiger partial charge < -0.3 is 9.36 Å². The van der Waals surface area contributed by atoms with Crippen molar-refractivity contribution in [1.82, 2.24) is 4.57 Å². The largest absolute Gasteiger partial charge is 0.351 e. The average Bonchev–Trinajstić information content (AvgIpc) is 2.50. The molecule has 0 fully saturated rings. The summed E-state index contributed by atoms with van der Waals surface area (Å²) in [6, 6.07) is 10.5. The minimum absolute atomic E-state index is 0.750. The molecule has 0 aliphatic carbocycles. The van der Waals surface area contributed by atoms with Crippen LogP contribution >= 0.6 is 0 Å². The number of hydrogen-bond acceptors (Lipinski definition) is 1. The summed E-state index contributed by atoms with van der Waals surface area (Å²) in [5, 5.41) is 1.31. The lowest BCUT2D eigenvalue weighted by Gasteiger charge is -1.92. The highest BCUT2D eigenvalue weighted by Crippen LogP contribution is 2.12. The van der Waals surface area contributed by atoms with E-state index >= 15 is 0 Å². The van der Waals surface area contributed by atoms with E-state index in [4.69, 9.17) is 4.79 Å². The summed E-state index contributed by atoms with van der Waals surface area (Å²) in [7, 11) is 2.06. The van der Waals surface area contributed by atoms with Crippen LogP contribution < -0.4 is 0 Å². The second kappa shape index (κ2) is 4.45. The number of fused-ring (bicyclic) bond motifs is 1. The molecular formula is C11H13NO. The molecule has 0 amide bonds. The van der Waals surface area contributed by atoms with Gasteiger partial charge in [0.05, 0.1) is 0 Å². The van der Waals surface area contributed by atoms with E-state index in [9.17, 15) is 0 Å². The molecule has 1 aromatic heterocycles. The average molecular weight is 175 g/mol. The molecule has 2 heteroatoms. The van der Waals surface area contributed by atoms with Gasteiger partial charge in [0.2, 0.25) is 0 Å². The Hall–Kier alpha value is -1.57. The van der Waals surface area contributed by atoms with E-state index in [-0.39, 0.29) is 0 Å². The first kappa shape index (κ1) is 9.52. The normalized spacial score (nSPS) is 9.08. The predicted octanol–water partition coefficient (Wildman–Crippen LogP) is 2.38. The minimum Gasteiger partial charge on any atom is -0.351 e. The maximum absolute atomic E-state index is 8.81. The van der Waals surface area contributed by atoms with Crippen LogP contribution in [0, 0.1) is 0 Å². The fourth-order valence-corrected chi connectivity index (χ4v) is 1.22. The Morgan fingerprint density at radius 2 is 1.85 bits per heavy atom. The highest BCUT2D eigenvalue weighted by Gasteiger charge is 1.92. The predicted molar refractivity (Wildman–Crippen MR) is 54.7 cm³/mol. The van der Waals surface area contributed by atoms with Gasteiger partial charge in [0.25, 0.3) is 0 Å². The standard InChI is InChI=1S/C9H9N.C2H4O/c1-10-7-6-8-4-2-3-5-9(8)10;1-2-3/h2-7H,1H3;2H,1H3. The van der Waals surface area contributed by atoms with E-state index in [0.717, 1.165) is 6.29 Å². The molecule has 13 heavy (non-hydrogen) atoms. The van der Waals surface area contributed by atoms with E-state index in [1.54, 1.807) is 0 Å². The van der Waals surface area contributed by atoms with Crippen molar-refractivity contribution < 1.29 is 4.79 Å². The molecule has 2 aromatic rings. The molecule has 0 unspecified atom stereocenters. The maximum atomic E-state index is 8.81. The lowest BCUT2D eigenvalue weighted by molar-refractivity contribution is -0.106. The number of aryl methyl sites for hydroxylation is 1. The van der Waals surface area contributed by atoms with Gasteiger partial charge in [-0.15, -0.1) is 0 Å². The van der Waals surface area contributed by atoms with Crippen LogP contribution in [-0.4, -0.2) is 10.9 Å². The van der Waals surface area contributed by atoms with Crippen molar-refractivity contribution in [3.63, 3.8) is 0 Å². The molecule has 68 valence electrons. The number of carbonyl (C=O) groups is 1. The summed E-state index contributed by atoms with van der Waals surface area (Å²) in [5.74, 6) is 0. The zero-order valence-corrected chi connectivity index (χ0v) is 7.90. The van der Waals surface area contributed by atoms with Gasteiger partial charge in [0.1, 0.15) is 6.29 Å². The van der Waals surface area contributed by atoms with Gasteiger partial charge >= 0.3 is 0 Å². The van der Waals surface area contributed by atoms with Crippen molar-refractivity contribution in [3.8, 4) is 0 Å². The third-order valence-corrected chi connectivity index (χ3v) is 1.79. The van der Waals surface area contributed by atoms with Crippen molar-refractivity contribution in [3.05, 3.63) is 36.5 Å². The van der Waals surface area contributed by atoms with Crippen molar-refractivity contribution in [2.75, 3.05) is 0 Å². The minimum atomic E-state index is 0.750. The Morgan fingerprint density at radius 1 is 1.23 bits per heavy atom. The number of aldehydes is 1. The molecule has 2 nitrogen and oxygen atoms in total. The van der Waals surface area contributed by atoms with Crippen molar-refractivity contribution in [2.45, 2.75) is 6.92 Å². The molecule has 0 N–H and O–H groups in total. The van der Waals surface area contributed by atoms with E-state index in [0.29, 0.717) is 0 Å². The molecule has 1 aromatic carbocycles. The number of benzene rings is 1. The van der Waals surface area contributed by atoms with Gasteiger partial charge in [-0.3, -0.25) is 0 Å². The van der Waals surface area contributed by atoms with Crippen LogP contribution in [0.1, 0.15) is 6.92 Å². The maximum Gasteiger partial charge on any atom is 0.116 e. The number of rotatable bonds is 0. The molecule has 0 atom stereocenters. The van der Waals surface area contributed by atoms with Crippen molar-refractivity contribution >= 4 is 17.2 Å². The smallest absolute Gasteiger partial charge is 0.116 e. The van der Waals surface area contributed by atoms with E-state index in [2.05, 4.69) is 48.1 Å². The van der Waals surface area contributed by atoms with Gasteiger partial charge in [-0.25, -0.2) is 0 Å². The number of para-hydroxylation sites is 1. The number of carbonyl (C=O) groups excluding carboxylic acids is 1. The third kappa shape index (κ3) is 2.18. The zero-order valence-electron chi connectivity index (χ0n) is 7.90. The zero-order chi connectivity index (χ0) is 9.68. The first-order valence-electron chi connectivity index (χ1n) is 4.19. The van der Waals surface area contributed by atoms with Crippen LogP contribution in [0.4, 0.5) is 0 Å². The summed E-state index contributed by atoms with van der Waals surface area (Å²) in [5.41, 5.74) is 1.29. The lowest BCUT2D eigenvalue weighted by atomic mass is 10.2. The molecule has 2 rings (SSSR count). The Bertz CT molecular complexity index is 390. The van der Waals surface area contributed by atoms with Crippen molar-refractivity contribution in [2.24, 2.45) is 7.05 Å². The monoisotopic (exact) mass is 175 g/mol. The molecule has 0 saturated heterocycles. The Morgan fingerprint density at radius 3 is 2.46 bits per heavy atom. The van der Waals surface area contributed by atoms with E-state index < -0.39 is 0 Å². The number of hydrogen-bond donors (Lipinski definition) is 0. The first-order valence-corrected chi connectivity index (χ1v) is 4.19. The Labute approximate surface area is 77.8 Å². The highest BCUT2D eigenvalue weighted by molar-refractivity contribution is 5.79. The summed E-state index contributed by atoms with van der Waals surface area (Å²) in [4.78, 5) is 8.81. The summed E-state index contributed by atoms with van der Waals surface area (Å²) in [6.45, 7) is 1.44. The van der Waals surface area contributed by atoms with Crippen LogP contribution in [0.3, 0.4) is 0 Å². The van der Waals surface area contributed by atoms with Crippen LogP contribution in [0.5, 0.6) is 0 Å². The lowest BCUT2D eigenvalue weighted by Crippen LogP contribution is -1.81. The van der Waals surface area contributed by atoms with Crippen LogP contribution in [0.25, 0.3) is 10.9 Å².